The van der Waals surface area contributed by atoms with Crippen molar-refractivity contribution in [2.45, 2.75) is 30.9 Å². The van der Waals surface area contributed by atoms with Gasteiger partial charge in [0.25, 0.3) is 0 Å². The highest BCUT2D eigenvalue weighted by atomic mass is 127. The molecule has 0 aromatic heterocycles. The van der Waals surface area contributed by atoms with E-state index in [4.69, 9.17) is 4.74 Å². The average molecular weight is 528 g/mol. The van der Waals surface area contributed by atoms with E-state index in [0.717, 1.165) is 25.3 Å². The van der Waals surface area contributed by atoms with Crippen molar-refractivity contribution in [1.82, 2.24) is 16.0 Å². The van der Waals surface area contributed by atoms with Crippen molar-refractivity contribution in [3.8, 4) is 0 Å². The number of carbonyl (C=O) groups is 1. The van der Waals surface area contributed by atoms with Gasteiger partial charge in [-0.2, -0.15) is 13.2 Å². The van der Waals surface area contributed by atoms with E-state index >= 15 is 0 Å². The van der Waals surface area contributed by atoms with Gasteiger partial charge in [0.05, 0.1) is 18.7 Å². The van der Waals surface area contributed by atoms with Gasteiger partial charge in [-0.15, -0.1) is 24.0 Å². The fourth-order valence-electron chi connectivity index (χ4n) is 3.19. The summed E-state index contributed by atoms with van der Waals surface area (Å²) in [6.45, 7) is 1.33. The lowest BCUT2D eigenvalue weighted by Gasteiger charge is -2.43. The number of methoxy groups -OCH3 is 1. The summed E-state index contributed by atoms with van der Waals surface area (Å²) in [6.07, 6.45) is -1.79. The van der Waals surface area contributed by atoms with E-state index in [9.17, 15) is 18.0 Å². The molecule has 10 heteroatoms. The zero-order chi connectivity index (χ0) is 20.6. The lowest BCUT2D eigenvalue weighted by Crippen LogP contribution is -2.50. The Morgan fingerprint density at radius 1 is 1.24 bits per heavy atom. The topological polar surface area (TPSA) is 74.8 Å². The van der Waals surface area contributed by atoms with Gasteiger partial charge in [-0.1, -0.05) is 24.6 Å². The van der Waals surface area contributed by atoms with Crippen LogP contribution in [0, 0.1) is 0 Å². The van der Waals surface area contributed by atoms with Crippen LogP contribution in [0.1, 0.15) is 30.4 Å². The Bertz CT molecular complexity index is 694. The number of ether oxygens (including phenoxy) is 1. The molecule has 1 aromatic rings. The second kappa shape index (κ2) is 11.6. The maximum Gasteiger partial charge on any atom is 0.416 e. The number of alkyl halides is 3. The smallest absolute Gasteiger partial charge is 0.383 e. The number of rotatable bonds is 8. The molecule has 1 fully saturated rings. The second-order valence-corrected chi connectivity index (χ2v) is 6.83. The summed E-state index contributed by atoms with van der Waals surface area (Å²) >= 11 is 0. The third kappa shape index (κ3) is 7.32. The van der Waals surface area contributed by atoms with Crippen LogP contribution in [0.4, 0.5) is 13.2 Å². The van der Waals surface area contributed by atoms with Crippen molar-refractivity contribution >= 4 is 35.8 Å². The molecule has 0 radical (unpaired) electrons. The van der Waals surface area contributed by atoms with Crippen LogP contribution in [0.2, 0.25) is 0 Å². The summed E-state index contributed by atoms with van der Waals surface area (Å²) in [5.74, 6) is 0.233. The summed E-state index contributed by atoms with van der Waals surface area (Å²) in [6, 6.07) is 5.53. The Balaban J connectivity index is 0.00000420. The summed E-state index contributed by atoms with van der Waals surface area (Å²) < 4.78 is 44.0. The number of amides is 1. The summed E-state index contributed by atoms with van der Waals surface area (Å²) in [7, 11) is 3.13. The summed E-state index contributed by atoms with van der Waals surface area (Å²) in [4.78, 5) is 15.8. The number of carbonyl (C=O) groups excluding carboxylic acids is 1. The lowest BCUT2D eigenvalue weighted by molar-refractivity contribution is -0.137. The van der Waals surface area contributed by atoms with Gasteiger partial charge in [0.2, 0.25) is 5.91 Å². The molecule has 1 amide bonds. The molecule has 0 atom stereocenters. The van der Waals surface area contributed by atoms with Gasteiger partial charge in [-0.3, -0.25) is 9.79 Å². The van der Waals surface area contributed by atoms with Crippen molar-refractivity contribution in [3.05, 3.63) is 35.4 Å². The monoisotopic (exact) mass is 528 g/mol. The van der Waals surface area contributed by atoms with Gasteiger partial charge in [-0.05, 0) is 24.5 Å². The number of halogens is 4. The van der Waals surface area contributed by atoms with Crippen LogP contribution in [-0.2, 0) is 21.1 Å². The molecule has 1 aromatic carbocycles. The van der Waals surface area contributed by atoms with Crippen LogP contribution < -0.4 is 16.0 Å². The predicted octanol–water partition coefficient (Wildman–Crippen LogP) is 2.67. The van der Waals surface area contributed by atoms with Crippen molar-refractivity contribution in [1.29, 1.82) is 0 Å². The van der Waals surface area contributed by atoms with Crippen LogP contribution in [-0.4, -0.2) is 52.3 Å². The van der Waals surface area contributed by atoms with Crippen molar-refractivity contribution in [2.24, 2.45) is 4.99 Å². The molecule has 2 rings (SSSR count). The van der Waals surface area contributed by atoms with E-state index in [1.54, 1.807) is 20.2 Å². The van der Waals surface area contributed by atoms with Crippen molar-refractivity contribution < 1.29 is 22.7 Å². The normalized spacial score (nSPS) is 15.7. The number of benzene rings is 1. The minimum Gasteiger partial charge on any atom is -0.383 e. The number of hydrogen-bond acceptors (Lipinski definition) is 3. The molecule has 0 unspecified atom stereocenters. The van der Waals surface area contributed by atoms with E-state index in [1.165, 1.54) is 12.1 Å². The minimum absolute atomic E-state index is 0. The molecule has 0 heterocycles. The Kier molecular flexibility index (Phi) is 10.2. The zero-order valence-electron chi connectivity index (χ0n) is 16.6. The Morgan fingerprint density at radius 3 is 2.52 bits per heavy atom. The maximum atomic E-state index is 13.0. The van der Waals surface area contributed by atoms with Crippen LogP contribution >= 0.6 is 24.0 Å². The average Bonchev–Trinajstić information content (AvgIpc) is 2.63. The molecular formula is C19H28F3IN4O2. The number of nitrogens with one attached hydrogen (secondary N) is 3. The third-order valence-electron chi connectivity index (χ3n) is 4.98. The SMILES string of the molecule is CN=C(NCC(=O)NCCOC)NCC1(c2cccc(C(F)(F)F)c2)CCC1.I. The first-order valence-electron chi connectivity index (χ1n) is 9.19. The fraction of sp³-hybridized carbons (Fsp3) is 0.579. The van der Waals surface area contributed by atoms with E-state index in [-0.39, 0.29) is 41.8 Å². The van der Waals surface area contributed by atoms with Crippen LogP contribution in [0.15, 0.2) is 29.3 Å². The van der Waals surface area contributed by atoms with Gasteiger partial charge >= 0.3 is 6.18 Å². The molecule has 29 heavy (non-hydrogen) atoms. The molecule has 6 nitrogen and oxygen atoms in total. The van der Waals surface area contributed by atoms with Gasteiger partial charge in [0, 0.05) is 32.7 Å². The number of aliphatic imine (C=N–C) groups is 1. The predicted molar refractivity (Wildman–Crippen MR) is 117 cm³/mol. The quantitative estimate of drug-likeness (QED) is 0.210. The standard InChI is InChI=1S/C19H27F3N4O2.HI/c1-23-17(25-12-16(27)24-9-10-28-2)26-13-18(7-4-8-18)14-5-3-6-15(11-14)19(20,21)22;/h3,5-6,11H,4,7-10,12-13H2,1-2H3,(H,24,27)(H2,23,25,26);1H. The first-order valence-corrected chi connectivity index (χ1v) is 9.19. The molecule has 0 spiro atoms. The molecule has 3 N–H and O–H groups in total. The van der Waals surface area contributed by atoms with E-state index in [2.05, 4.69) is 20.9 Å². The number of guanidine groups is 1. The van der Waals surface area contributed by atoms with E-state index in [1.807, 2.05) is 0 Å². The van der Waals surface area contributed by atoms with Crippen LogP contribution in [0.3, 0.4) is 0 Å². The highest BCUT2D eigenvalue weighted by molar-refractivity contribution is 14.0. The second-order valence-electron chi connectivity index (χ2n) is 6.83. The molecule has 1 aliphatic rings. The summed E-state index contributed by atoms with van der Waals surface area (Å²) in [5, 5.41) is 8.74. The Morgan fingerprint density at radius 2 is 1.97 bits per heavy atom. The fourth-order valence-corrected chi connectivity index (χ4v) is 3.19. The summed E-state index contributed by atoms with van der Waals surface area (Å²) in [5.41, 5.74) is -0.320. The number of nitrogens with zero attached hydrogens (tertiary/aromatic N) is 1. The molecule has 0 aliphatic heterocycles. The Hall–Kier alpha value is -1.56. The minimum atomic E-state index is -4.36. The van der Waals surface area contributed by atoms with Gasteiger partial charge in [0.15, 0.2) is 5.96 Å². The lowest BCUT2D eigenvalue weighted by atomic mass is 9.64. The molecule has 0 bridgehead atoms. The van der Waals surface area contributed by atoms with Crippen molar-refractivity contribution in [3.63, 3.8) is 0 Å². The van der Waals surface area contributed by atoms with Gasteiger partial charge in [-0.25, -0.2) is 0 Å². The van der Waals surface area contributed by atoms with Crippen molar-refractivity contribution in [2.75, 3.05) is 40.4 Å². The molecule has 164 valence electrons. The van der Waals surface area contributed by atoms with Gasteiger partial charge in [0.1, 0.15) is 0 Å². The highest BCUT2D eigenvalue weighted by Crippen LogP contribution is 2.44. The Labute approximate surface area is 186 Å². The third-order valence-corrected chi connectivity index (χ3v) is 4.98. The van der Waals surface area contributed by atoms with E-state index in [0.29, 0.717) is 31.2 Å². The molecule has 1 aliphatic carbocycles. The van der Waals surface area contributed by atoms with E-state index < -0.39 is 11.7 Å². The molecular weight excluding hydrogens is 500 g/mol. The molecule has 0 saturated heterocycles. The first-order chi connectivity index (χ1) is 13.3. The molecule has 1 saturated carbocycles. The first kappa shape index (κ1) is 25.5. The van der Waals surface area contributed by atoms with Gasteiger partial charge < -0.3 is 20.7 Å². The highest BCUT2D eigenvalue weighted by Gasteiger charge is 2.40. The zero-order valence-corrected chi connectivity index (χ0v) is 18.9. The number of hydrogen-bond donors (Lipinski definition) is 3. The van der Waals surface area contributed by atoms with Crippen LogP contribution in [0.25, 0.3) is 0 Å². The maximum absolute atomic E-state index is 13.0. The van der Waals surface area contributed by atoms with Crippen LogP contribution in [0.5, 0.6) is 0 Å². The largest absolute Gasteiger partial charge is 0.416 e.